The third kappa shape index (κ3) is 5.91. The Balaban J connectivity index is 0.852. The van der Waals surface area contributed by atoms with Crippen LogP contribution in [0, 0.1) is 0 Å². The van der Waals surface area contributed by atoms with Crippen LogP contribution in [0.25, 0.3) is 110 Å². The van der Waals surface area contributed by atoms with Crippen molar-refractivity contribution in [1.82, 2.24) is 9.13 Å². The lowest BCUT2D eigenvalue weighted by Crippen LogP contribution is -2.33. The van der Waals surface area contributed by atoms with E-state index in [0.717, 1.165) is 28.3 Å². The molecule has 16 aromatic rings. The van der Waals surface area contributed by atoms with E-state index >= 15 is 0 Å². The average Bonchev–Trinajstić information content (AvgIpc) is 1.54. The van der Waals surface area contributed by atoms with E-state index in [1.165, 1.54) is 144 Å². The van der Waals surface area contributed by atoms with E-state index in [-0.39, 0.29) is 0 Å². The van der Waals surface area contributed by atoms with Crippen LogP contribution in [0.15, 0.2) is 309 Å². The molecule has 3 heteroatoms. The molecule has 2 aromatic heterocycles. The SMILES string of the molecule is c1ccc(-n2c3ccccc3c3cc(-c4ccc(N(c5ccc6c(c5)C5(c7ccccc7-c7ccccc75)c5ccc7ccccc7c5-6)c5cccc6c5-c5ccccc5C65c6ccccc6-n6c7ccccc7c7cccc5c76)cc4)ccc32)cc1. The maximum Gasteiger partial charge on any atom is 0.0755 e. The summed E-state index contributed by atoms with van der Waals surface area (Å²) in [6, 6.07) is 117. The van der Waals surface area contributed by atoms with Crippen LogP contribution in [0.3, 0.4) is 0 Å². The molecule has 3 heterocycles. The van der Waals surface area contributed by atoms with Crippen molar-refractivity contribution < 1.29 is 0 Å². The van der Waals surface area contributed by atoms with Gasteiger partial charge in [-0.05, 0) is 167 Å². The van der Waals surface area contributed by atoms with Crippen LogP contribution in [0.2, 0.25) is 0 Å². The molecular formula is C84H51N3. The van der Waals surface area contributed by atoms with Crippen LogP contribution < -0.4 is 4.90 Å². The van der Waals surface area contributed by atoms with Crippen LogP contribution in [0.5, 0.6) is 0 Å². The van der Waals surface area contributed by atoms with E-state index in [1.807, 2.05) is 0 Å². The van der Waals surface area contributed by atoms with Gasteiger partial charge >= 0.3 is 0 Å². The van der Waals surface area contributed by atoms with Crippen LogP contribution in [-0.4, -0.2) is 9.13 Å². The fraction of sp³-hybridized carbons (Fsp3) is 0.0238. The van der Waals surface area contributed by atoms with Crippen molar-refractivity contribution in [2.24, 2.45) is 0 Å². The van der Waals surface area contributed by atoms with Gasteiger partial charge in [0.1, 0.15) is 0 Å². The smallest absolute Gasteiger partial charge is 0.0755 e. The first kappa shape index (κ1) is 47.1. The highest BCUT2D eigenvalue weighted by Crippen LogP contribution is 2.66. The Hall–Kier alpha value is -11.3. The number of hydrogen-bond donors (Lipinski definition) is 0. The molecule has 0 amide bonds. The highest BCUT2D eigenvalue weighted by atomic mass is 15.1. The summed E-state index contributed by atoms with van der Waals surface area (Å²) in [5.74, 6) is 0. The first-order valence-corrected chi connectivity index (χ1v) is 30.4. The maximum atomic E-state index is 2.59. The second-order valence-corrected chi connectivity index (χ2v) is 24.1. The van der Waals surface area contributed by atoms with Crippen LogP contribution in [0.4, 0.5) is 17.1 Å². The third-order valence-corrected chi connectivity index (χ3v) is 20.3. The molecule has 14 aromatic carbocycles. The van der Waals surface area contributed by atoms with Crippen molar-refractivity contribution >= 4 is 71.4 Å². The zero-order chi connectivity index (χ0) is 56.7. The monoisotopic (exact) mass is 1100 g/mol. The fourth-order valence-corrected chi connectivity index (χ4v) is 17.1. The van der Waals surface area contributed by atoms with Crippen molar-refractivity contribution in [3.05, 3.63) is 354 Å². The number of para-hydroxylation sites is 5. The summed E-state index contributed by atoms with van der Waals surface area (Å²) >= 11 is 0. The summed E-state index contributed by atoms with van der Waals surface area (Å²) in [4.78, 5) is 2.59. The molecule has 0 bridgehead atoms. The first-order chi connectivity index (χ1) is 43.2. The minimum absolute atomic E-state index is 0.562. The van der Waals surface area contributed by atoms with Gasteiger partial charge in [0.25, 0.3) is 0 Å². The number of hydrogen-bond acceptors (Lipinski definition) is 1. The molecule has 87 heavy (non-hydrogen) atoms. The molecule has 1 unspecified atom stereocenters. The van der Waals surface area contributed by atoms with Crippen LogP contribution in [0.1, 0.15) is 44.5 Å². The van der Waals surface area contributed by atoms with Gasteiger partial charge in [0, 0.05) is 44.2 Å². The van der Waals surface area contributed by atoms with Crippen molar-refractivity contribution in [2.45, 2.75) is 10.8 Å². The minimum atomic E-state index is -0.623. The molecule has 20 rings (SSSR count). The Kier molecular flexibility index (Phi) is 9.32. The molecule has 0 radical (unpaired) electrons. The number of nitrogens with zero attached hydrogens (tertiary/aromatic N) is 3. The van der Waals surface area contributed by atoms with Gasteiger partial charge in [0.2, 0.25) is 0 Å². The summed E-state index contributed by atoms with van der Waals surface area (Å²) in [5.41, 5.74) is 29.9. The molecule has 0 saturated heterocycles. The largest absolute Gasteiger partial charge is 0.310 e. The topological polar surface area (TPSA) is 13.1 Å². The van der Waals surface area contributed by atoms with E-state index in [1.54, 1.807) is 0 Å². The predicted octanol–water partition coefficient (Wildman–Crippen LogP) is 21.2. The molecular weight excluding hydrogens is 1050 g/mol. The van der Waals surface area contributed by atoms with E-state index in [4.69, 9.17) is 0 Å². The van der Waals surface area contributed by atoms with Gasteiger partial charge in [0.05, 0.1) is 44.3 Å². The second kappa shape index (κ2) is 17.2. The highest BCUT2D eigenvalue weighted by molar-refractivity contribution is 6.14. The van der Waals surface area contributed by atoms with Crippen LogP contribution in [-0.2, 0) is 10.8 Å². The standard InChI is InChI=1S/C84H51N3/c1-2-21-55(22-3-1)86-75-36-15-10-27-62(75)66-50-54(43-49-77(66)86)52-40-44-56(45-41-52)85(57-46-47-65-74(51-57)83(72-48-42-53-20-4-5-23-58(53)80(65)72)67-30-11-6-24-59(67)60-25-7-12-31-68(60)83)79-39-19-34-71-81(79)64-28-8-13-32-69(64)84(71)70-33-14-17-38-78(70)87-76-37-16-9-26-61(76)63-29-18-35-73(84)82(63)87/h1-51H. The van der Waals surface area contributed by atoms with E-state index in [0.29, 0.717) is 0 Å². The number of aromatic nitrogens is 2. The minimum Gasteiger partial charge on any atom is -0.310 e. The van der Waals surface area contributed by atoms with Crippen molar-refractivity contribution in [1.29, 1.82) is 0 Å². The Labute approximate surface area is 503 Å². The molecule has 2 spiro atoms. The normalized spacial score (nSPS) is 15.0. The molecule has 1 atom stereocenters. The van der Waals surface area contributed by atoms with Gasteiger partial charge in [-0.1, -0.05) is 237 Å². The second-order valence-electron chi connectivity index (χ2n) is 24.1. The van der Waals surface area contributed by atoms with Gasteiger partial charge in [-0.3, -0.25) is 0 Å². The Morgan fingerprint density at radius 3 is 1.57 bits per heavy atom. The molecule has 0 saturated carbocycles. The van der Waals surface area contributed by atoms with Gasteiger partial charge in [-0.2, -0.15) is 0 Å². The Bertz CT molecular complexity index is 5620. The summed E-state index contributed by atoms with van der Waals surface area (Å²) in [6.45, 7) is 0. The Morgan fingerprint density at radius 1 is 0.264 bits per heavy atom. The third-order valence-electron chi connectivity index (χ3n) is 20.3. The predicted molar refractivity (Wildman–Crippen MR) is 360 cm³/mol. The lowest BCUT2D eigenvalue weighted by Gasteiger charge is -2.39. The number of benzene rings is 14. The van der Waals surface area contributed by atoms with Crippen molar-refractivity contribution in [2.75, 3.05) is 4.90 Å². The zero-order valence-electron chi connectivity index (χ0n) is 47.3. The van der Waals surface area contributed by atoms with Crippen molar-refractivity contribution in [3.63, 3.8) is 0 Å². The zero-order valence-corrected chi connectivity index (χ0v) is 47.3. The molecule has 4 aliphatic rings. The Morgan fingerprint density at radius 2 is 0.793 bits per heavy atom. The summed E-state index contributed by atoms with van der Waals surface area (Å²) in [7, 11) is 0. The maximum absolute atomic E-state index is 2.59. The van der Waals surface area contributed by atoms with Gasteiger partial charge in [-0.25, -0.2) is 0 Å². The molecule has 0 fully saturated rings. The summed E-state index contributed by atoms with van der Waals surface area (Å²) in [6.07, 6.45) is 0. The lowest BCUT2D eigenvalue weighted by molar-refractivity contribution is 0.748. The highest BCUT2D eigenvalue weighted by Gasteiger charge is 2.54. The first-order valence-electron chi connectivity index (χ1n) is 30.4. The lowest BCUT2D eigenvalue weighted by atomic mass is 9.65. The molecule has 0 N–H and O–H groups in total. The van der Waals surface area contributed by atoms with E-state index in [9.17, 15) is 0 Å². The van der Waals surface area contributed by atoms with E-state index < -0.39 is 10.8 Å². The van der Waals surface area contributed by atoms with Crippen LogP contribution >= 0.6 is 0 Å². The number of anilines is 3. The van der Waals surface area contributed by atoms with E-state index in [2.05, 4.69) is 323 Å². The summed E-state index contributed by atoms with van der Waals surface area (Å²) < 4.78 is 4.94. The fourth-order valence-electron chi connectivity index (χ4n) is 17.1. The molecule has 3 nitrogen and oxygen atoms in total. The molecule has 402 valence electrons. The van der Waals surface area contributed by atoms with Gasteiger partial charge < -0.3 is 14.0 Å². The quantitative estimate of drug-likeness (QED) is 0.167. The molecule has 3 aliphatic carbocycles. The average molecular weight is 1100 g/mol. The summed E-state index contributed by atoms with van der Waals surface area (Å²) in [5, 5.41) is 7.56. The molecule has 1 aliphatic heterocycles. The number of rotatable bonds is 5. The van der Waals surface area contributed by atoms with Crippen molar-refractivity contribution in [3.8, 4) is 55.9 Å². The van der Waals surface area contributed by atoms with Gasteiger partial charge in [0.15, 0.2) is 0 Å². The number of fused-ring (bicyclic) bond motifs is 27. The van der Waals surface area contributed by atoms with Gasteiger partial charge in [-0.15, -0.1) is 0 Å².